The molecule has 21 heavy (non-hydrogen) atoms. The molecule has 0 radical (unpaired) electrons. The predicted molar refractivity (Wildman–Crippen MR) is 76.3 cm³/mol. The number of fused-ring (bicyclic) bond motifs is 1. The van der Waals surface area contributed by atoms with Gasteiger partial charge in [0, 0.05) is 17.8 Å². The van der Waals surface area contributed by atoms with Crippen molar-refractivity contribution < 1.29 is 14.0 Å². The van der Waals surface area contributed by atoms with Crippen LogP contribution in [0, 0.1) is 5.82 Å². The second-order valence-electron chi connectivity index (χ2n) is 4.87. The van der Waals surface area contributed by atoms with E-state index in [0.717, 1.165) is 5.56 Å². The molecule has 2 amide bonds. The summed E-state index contributed by atoms with van der Waals surface area (Å²) in [6.07, 6.45) is -0.0457. The van der Waals surface area contributed by atoms with Crippen LogP contribution in [0.25, 0.3) is 0 Å². The number of nitrogens with one attached hydrogen (secondary N) is 2. The average Bonchev–Trinajstić information content (AvgIpc) is 2.83. The molecule has 106 valence electrons. The van der Waals surface area contributed by atoms with Crippen LogP contribution < -0.4 is 10.6 Å². The number of benzene rings is 2. The zero-order valence-corrected chi connectivity index (χ0v) is 11.2. The molecule has 0 atom stereocenters. The minimum absolute atomic E-state index is 0.0457. The Bertz CT molecular complexity index is 728. The van der Waals surface area contributed by atoms with Gasteiger partial charge in [-0.15, -0.1) is 0 Å². The van der Waals surface area contributed by atoms with Gasteiger partial charge in [0.2, 0.25) is 5.91 Å². The number of hydrogen-bond donors (Lipinski definition) is 2. The molecule has 2 N–H and O–H groups in total. The zero-order chi connectivity index (χ0) is 14.8. The molecule has 1 aliphatic heterocycles. The third-order valence-corrected chi connectivity index (χ3v) is 3.39. The Balaban J connectivity index is 1.72. The van der Waals surface area contributed by atoms with E-state index in [9.17, 15) is 14.0 Å². The minimum Gasteiger partial charge on any atom is -0.348 e. The van der Waals surface area contributed by atoms with Crippen molar-refractivity contribution in [3.63, 3.8) is 0 Å². The molecule has 0 saturated heterocycles. The number of carbonyl (C=O) groups excluding carboxylic acids is 2. The van der Waals surface area contributed by atoms with Crippen molar-refractivity contribution in [2.75, 3.05) is 5.32 Å². The minimum atomic E-state index is -0.402. The highest BCUT2D eigenvalue weighted by Crippen LogP contribution is 2.20. The van der Waals surface area contributed by atoms with Gasteiger partial charge in [0.05, 0.1) is 6.42 Å². The second kappa shape index (κ2) is 5.36. The Hall–Kier alpha value is -2.69. The fourth-order valence-corrected chi connectivity index (χ4v) is 2.31. The van der Waals surface area contributed by atoms with Crippen LogP contribution in [-0.2, 0) is 17.8 Å². The lowest BCUT2D eigenvalue weighted by Crippen LogP contribution is -2.16. The van der Waals surface area contributed by atoms with Crippen LogP contribution in [0.4, 0.5) is 10.1 Å². The van der Waals surface area contributed by atoms with Crippen LogP contribution in [-0.4, -0.2) is 11.8 Å². The SMILES string of the molecule is O=C(Cc1ccccc1F)Nc1ccc2c(c1)C(=O)NC2. The van der Waals surface area contributed by atoms with E-state index in [-0.39, 0.29) is 18.2 Å². The first-order chi connectivity index (χ1) is 10.1. The monoisotopic (exact) mass is 284 g/mol. The van der Waals surface area contributed by atoms with Crippen LogP contribution in [0.1, 0.15) is 21.5 Å². The molecular weight excluding hydrogens is 271 g/mol. The Kier molecular flexibility index (Phi) is 3.39. The highest BCUT2D eigenvalue weighted by atomic mass is 19.1. The predicted octanol–water partition coefficient (Wildman–Crippen LogP) is 2.25. The molecule has 0 aromatic heterocycles. The van der Waals surface area contributed by atoms with Crippen molar-refractivity contribution in [3.05, 3.63) is 65.0 Å². The third kappa shape index (κ3) is 2.76. The summed E-state index contributed by atoms with van der Waals surface area (Å²) < 4.78 is 13.5. The van der Waals surface area contributed by atoms with Gasteiger partial charge >= 0.3 is 0 Å². The number of rotatable bonds is 3. The van der Waals surface area contributed by atoms with Gasteiger partial charge in [0.1, 0.15) is 5.82 Å². The standard InChI is InChI=1S/C16H13FN2O2/c17-14-4-2-1-3-10(14)7-15(20)19-12-6-5-11-9-18-16(21)13(11)8-12/h1-6,8H,7,9H2,(H,18,21)(H,19,20). The van der Waals surface area contributed by atoms with Crippen molar-refractivity contribution in [2.24, 2.45) is 0 Å². The largest absolute Gasteiger partial charge is 0.348 e. The smallest absolute Gasteiger partial charge is 0.251 e. The zero-order valence-electron chi connectivity index (χ0n) is 11.2. The molecule has 0 fully saturated rings. The molecule has 1 aliphatic rings. The van der Waals surface area contributed by atoms with E-state index < -0.39 is 5.82 Å². The van der Waals surface area contributed by atoms with E-state index in [0.29, 0.717) is 23.4 Å². The van der Waals surface area contributed by atoms with Crippen molar-refractivity contribution >= 4 is 17.5 Å². The van der Waals surface area contributed by atoms with E-state index in [4.69, 9.17) is 0 Å². The molecule has 0 aliphatic carbocycles. The summed E-state index contributed by atoms with van der Waals surface area (Å²) in [6, 6.07) is 11.3. The Morgan fingerprint density at radius 3 is 2.86 bits per heavy atom. The van der Waals surface area contributed by atoms with Crippen molar-refractivity contribution in [1.82, 2.24) is 5.32 Å². The van der Waals surface area contributed by atoms with Gasteiger partial charge in [-0.25, -0.2) is 4.39 Å². The first kappa shape index (κ1) is 13.3. The van der Waals surface area contributed by atoms with Crippen molar-refractivity contribution in [2.45, 2.75) is 13.0 Å². The first-order valence-corrected chi connectivity index (χ1v) is 6.58. The van der Waals surface area contributed by atoms with Crippen LogP contribution >= 0.6 is 0 Å². The molecular formula is C16H13FN2O2. The molecule has 0 bridgehead atoms. The maximum atomic E-state index is 13.5. The lowest BCUT2D eigenvalue weighted by Gasteiger charge is -2.07. The molecule has 1 heterocycles. The van der Waals surface area contributed by atoms with Crippen LogP contribution in [0.3, 0.4) is 0 Å². The Morgan fingerprint density at radius 2 is 2.05 bits per heavy atom. The molecule has 5 heteroatoms. The number of hydrogen-bond acceptors (Lipinski definition) is 2. The first-order valence-electron chi connectivity index (χ1n) is 6.58. The second-order valence-corrected chi connectivity index (χ2v) is 4.87. The maximum absolute atomic E-state index is 13.5. The molecule has 2 aromatic carbocycles. The fourth-order valence-electron chi connectivity index (χ4n) is 2.31. The normalized spacial score (nSPS) is 12.7. The summed E-state index contributed by atoms with van der Waals surface area (Å²) >= 11 is 0. The molecule has 4 nitrogen and oxygen atoms in total. The summed E-state index contributed by atoms with van der Waals surface area (Å²) in [5.74, 6) is -0.866. The topological polar surface area (TPSA) is 58.2 Å². The lowest BCUT2D eigenvalue weighted by atomic mass is 10.1. The van der Waals surface area contributed by atoms with Gasteiger partial charge < -0.3 is 10.6 Å². The summed E-state index contributed by atoms with van der Waals surface area (Å²) in [5, 5.41) is 5.39. The van der Waals surface area contributed by atoms with Gasteiger partial charge in [0.15, 0.2) is 0 Å². The van der Waals surface area contributed by atoms with Gasteiger partial charge in [-0.1, -0.05) is 24.3 Å². The van der Waals surface area contributed by atoms with E-state index in [1.807, 2.05) is 0 Å². The van der Waals surface area contributed by atoms with E-state index in [1.54, 1.807) is 36.4 Å². The van der Waals surface area contributed by atoms with E-state index in [1.165, 1.54) is 6.07 Å². The number of carbonyl (C=O) groups is 2. The van der Waals surface area contributed by atoms with Gasteiger partial charge in [-0.2, -0.15) is 0 Å². The lowest BCUT2D eigenvalue weighted by molar-refractivity contribution is -0.115. The molecule has 0 unspecified atom stereocenters. The molecule has 0 saturated carbocycles. The summed E-state index contributed by atoms with van der Waals surface area (Å²) in [4.78, 5) is 23.5. The molecule has 3 rings (SSSR count). The molecule has 2 aromatic rings. The molecule has 0 spiro atoms. The Morgan fingerprint density at radius 1 is 1.24 bits per heavy atom. The van der Waals surface area contributed by atoms with Crippen LogP contribution in [0.15, 0.2) is 42.5 Å². The maximum Gasteiger partial charge on any atom is 0.251 e. The third-order valence-electron chi connectivity index (χ3n) is 3.39. The Labute approximate surface area is 121 Å². The quantitative estimate of drug-likeness (QED) is 0.908. The number of halogens is 1. The number of amides is 2. The van der Waals surface area contributed by atoms with E-state index in [2.05, 4.69) is 10.6 Å². The van der Waals surface area contributed by atoms with Gasteiger partial charge in [0.25, 0.3) is 5.91 Å². The summed E-state index contributed by atoms with van der Waals surface area (Å²) in [6.45, 7) is 0.512. The summed E-state index contributed by atoms with van der Waals surface area (Å²) in [7, 11) is 0. The highest BCUT2D eigenvalue weighted by molar-refractivity contribution is 6.00. The van der Waals surface area contributed by atoms with E-state index >= 15 is 0 Å². The van der Waals surface area contributed by atoms with Crippen molar-refractivity contribution in [1.29, 1.82) is 0 Å². The van der Waals surface area contributed by atoms with Gasteiger partial charge in [-0.05, 0) is 29.3 Å². The van der Waals surface area contributed by atoms with Crippen molar-refractivity contribution in [3.8, 4) is 0 Å². The number of anilines is 1. The van der Waals surface area contributed by atoms with Crippen LogP contribution in [0.5, 0.6) is 0 Å². The van der Waals surface area contributed by atoms with Crippen LogP contribution in [0.2, 0.25) is 0 Å². The average molecular weight is 284 g/mol. The van der Waals surface area contributed by atoms with Gasteiger partial charge in [-0.3, -0.25) is 9.59 Å². The highest BCUT2D eigenvalue weighted by Gasteiger charge is 2.19. The fraction of sp³-hybridized carbons (Fsp3) is 0.125. The summed E-state index contributed by atoms with van der Waals surface area (Å²) in [5.41, 5.74) is 2.35.